The summed E-state index contributed by atoms with van der Waals surface area (Å²) >= 11 is 6.02. The second kappa shape index (κ2) is 9.59. The Morgan fingerprint density at radius 2 is 1.83 bits per heavy atom. The molecule has 0 spiro atoms. The van der Waals surface area contributed by atoms with Gasteiger partial charge in [-0.2, -0.15) is 4.31 Å². The quantitative estimate of drug-likeness (QED) is 0.678. The van der Waals surface area contributed by atoms with Gasteiger partial charge in [0, 0.05) is 23.8 Å². The lowest BCUT2D eigenvalue weighted by Gasteiger charge is -2.25. The summed E-state index contributed by atoms with van der Waals surface area (Å²) in [5.74, 6) is -1.30. The maximum absolute atomic E-state index is 12.8. The van der Waals surface area contributed by atoms with E-state index in [4.69, 9.17) is 16.3 Å². The van der Waals surface area contributed by atoms with E-state index in [1.54, 1.807) is 18.2 Å². The molecule has 9 heteroatoms. The van der Waals surface area contributed by atoms with Gasteiger partial charge < -0.3 is 10.1 Å². The largest absolute Gasteiger partial charge is 0.452 e. The highest BCUT2D eigenvalue weighted by molar-refractivity contribution is 7.89. The topological polar surface area (TPSA) is 92.8 Å². The minimum Gasteiger partial charge on any atom is -0.452 e. The van der Waals surface area contributed by atoms with Crippen molar-refractivity contribution in [3.05, 3.63) is 58.6 Å². The molecule has 7 nitrogen and oxygen atoms in total. The van der Waals surface area contributed by atoms with Crippen LogP contribution in [0.3, 0.4) is 0 Å². The smallest absolute Gasteiger partial charge is 0.338 e. The lowest BCUT2D eigenvalue weighted by Crippen LogP contribution is -2.35. The van der Waals surface area contributed by atoms with Gasteiger partial charge in [-0.25, -0.2) is 13.2 Å². The summed E-state index contributed by atoms with van der Waals surface area (Å²) in [4.78, 5) is 24.4. The van der Waals surface area contributed by atoms with Gasteiger partial charge in [0.25, 0.3) is 5.91 Å². The number of anilines is 1. The highest BCUT2D eigenvalue weighted by Gasteiger charge is 2.26. The van der Waals surface area contributed by atoms with Crippen molar-refractivity contribution < 1.29 is 22.7 Å². The summed E-state index contributed by atoms with van der Waals surface area (Å²) in [6, 6.07) is 10.7. The normalized spacial score (nSPS) is 14.9. The number of esters is 1. The number of piperidine rings is 1. The SMILES string of the molecule is Cc1ccc(NC(=O)COC(=O)c2cccc(S(=O)(=O)N3CCCCC3)c2)cc1Cl. The van der Waals surface area contributed by atoms with E-state index in [0.29, 0.717) is 23.8 Å². The second-order valence-electron chi connectivity index (χ2n) is 7.08. The lowest BCUT2D eigenvalue weighted by atomic mass is 10.2. The van der Waals surface area contributed by atoms with Crippen molar-refractivity contribution in [3.8, 4) is 0 Å². The maximum Gasteiger partial charge on any atom is 0.338 e. The first-order chi connectivity index (χ1) is 14.3. The van der Waals surface area contributed by atoms with Crippen molar-refractivity contribution in [2.24, 2.45) is 0 Å². The average molecular weight is 451 g/mol. The highest BCUT2D eigenvalue weighted by atomic mass is 35.5. The first-order valence-corrected chi connectivity index (χ1v) is 11.4. The molecule has 0 aromatic heterocycles. The standard InChI is InChI=1S/C21H23ClN2O5S/c1-15-8-9-17(13-19(15)22)23-20(25)14-29-21(26)16-6-5-7-18(12-16)30(27,28)24-10-3-2-4-11-24/h5-9,12-13H,2-4,10-11,14H2,1H3,(H,23,25). The molecule has 0 atom stereocenters. The monoisotopic (exact) mass is 450 g/mol. The summed E-state index contributed by atoms with van der Waals surface area (Å²) in [6.45, 7) is 2.28. The number of nitrogens with one attached hydrogen (secondary N) is 1. The molecule has 1 saturated heterocycles. The van der Waals surface area contributed by atoms with Crippen LogP contribution in [0.4, 0.5) is 5.69 Å². The summed E-state index contributed by atoms with van der Waals surface area (Å²) in [7, 11) is -3.66. The first kappa shape index (κ1) is 22.3. The molecule has 1 fully saturated rings. The van der Waals surface area contributed by atoms with Crippen LogP contribution in [0.15, 0.2) is 47.4 Å². The van der Waals surface area contributed by atoms with Crippen LogP contribution in [0, 0.1) is 6.92 Å². The van der Waals surface area contributed by atoms with E-state index in [-0.39, 0.29) is 10.5 Å². The van der Waals surface area contributed by atoms with Gasteiger partial charge in [-0.1, -0.05) is 30.2 Å². The summed E-state index contributed by atoms with van der Waals surface area (Å²) < 4.78 is 32.0. The molecule has 0 radical (unpaired) electrons. The zero-order valence-electron chi connectivity index (χ0n) is 16.6. The Hall–Kier alpha value is -2.42. The van der Waals surface area contributed by atoms with Gasteiger partial charge in [-0.15, -0.1) is 0 Å². The van der Waals surface area contributed by atoms with Crippen LogP contribution >= 0.6 is 11.6 Å². The van der Waals surface area contributed by atoms with Gasteiger partial charge in [0.2, 0.25) is 10.0 Å². The van der Waals surface area contributed by atoms with Crippen LogP contribution in [0.25, 0.3) is 0 Å². The van der Waals surface area contributed by atoms with Crippen molar-refractivity contribution in [3.63, 3.8) is 0 Å². The summed E-state index contributed by atoms with van der Waals surface area (Å²) in [5, 5.41) is 3.10. The molecule has 160 valence electrons. The number of halogens is 1. The molecule has 30 heavy (non-hydrogen) atoms. The van der Waals surface area contributed by atoms with Gasteiger partial charge in [0.1, 0.15) is 0 Å². The van der Waals surface area contributed by atoms with Crippen LogP contribution in [0.2, 0.25) is 5.02 Å². The molecule has 0 bridgehead atoms. The van der Waals surface area contributed by atoms with Crippen molar-refractivity contribution in [2.45, 2.75) is 31.1 Å². The Balaban J connectivity index is 1.62. The molecule has 0 saturated carbocycles. The van der Waals surface area contributed by atoms with Crippen molar-refractivity contribution in [1.29, 1.82) is 0 Å². The van der Waals surface area contributed by atoms with Crippen molar-refractivity contribution in [1.82, 2.24) is 4.31 Å². The summed E-state index contributed by atoms with van der Waals surface area (Å²) in [5.41, 5.74) is 1.43. The fourth-order valence-corrected chi connectivity index (χ4v) is 4.86. The minimum absolute atomic E-state index is 0.0394. The number of nitrogens with zero attached hydrogens (tertiary/aromatic N) is 1. The van der Waals surface area contributed by atoms with Crippen molar-refractivity contribution >= 4 is 39.2 Å². The van der Waals surface area contributed by atoms with Crippen molar-refractivity contribution in [2.75, 3.05) is 25.0 Å². The molecule has 3 rings (SSSR count). The molecular weight excluding hydrogens is 428 g/mol. The van der Waals surface area contributed by atoms with Gasteiger partial charge in [-0.3, -0.25) is 4.79 Å². The molecule has 1 amide bonds. The Labute approximate surface area is 181 Å². The van der Waals surface area contributed by atoms with Crippen LogP contribution in [0.1, 0.15) is 35.2 Å². The number of sulfonamides is 1. The molecule has 1 aliphatic heterocycles. The summed E-state index contributed by atoms with van der Waals surface area (Å²) in [6.07, 6.45) is 2.65. The zero-order chi connectivity index (χ0) is 21.7. The lowest BCUT2D eigenvalue weighted by molar-refractivity contribution is -0.119. The molecule has 2 aromatic carbocycles. The molecule has 0 unspecified atom stereocenters. The van der Waals surface area contributed by atoms with E-state index >= 15 is 0 Å². The Bertz CT molecular complexity index is 1050. The molecule has 1 aliphatic rings. The van der Waals surface area contributed by atoms with E-state index in [0.717, 1.165) is 24.8 Å². The number of hydrogen-bond acceptors (Lipinski definition) is 5. The maximum atomic E-state index is 12.8. The van der Waals surface area contributed by atoms with E-state index in [9.17, 15) is 18.0 Å². The van der Waals surface area contributed by atoms with E-state index in [1.807, 2.05) is 6.92 Å². The third-order valence-electron chi connectivity index (χ3n) is 4.81. The number of carbonyl (C=O) groups is 2. The van der Waals surface area contributed by atoms with Crippen LogP contribution in [-0.2, 0) is 19.6 Å². The zero-order valence-corrected chi connectivity index (χ0v) is 18.1. The molecule has 1 heterocycles. The Morgan fingerprint density at radius 1 is 1.10 bits per heavy atom. The third kappa shape index (κ3) is 5.38. The number of hydrogen-bond donors (Lipinski definition) is 1. The molecule has 2 aromatic rings. The Morgan fingerprint density at radius 3 is 2.53 bits per heavy atom. The second-order valence-corrected chi connectivity index (χ2v) is 9.43. The van der Waals surface area contributed by atoms with Crippen LogP contribution in [-0.4, -0.2) is 44.3 Å². The molecule has 0 aliphatic carbocycles. The van der Waals surface area contributed by atoms with Gasteiger partial charge in [0.05, 0.1) is 10.5 Å². The number of carbonyl (C=O) groups excluding carboxylic acids is 2. The van der Waals surface area contributed by atoms with E-state index in [1.165, 1.54) is 28.6 Å². The predicted octanol–water partition coefficient (Wildman–Crippen LogP) is 3.62. The molecule has 1 N–H and O–H groups in total. The number of benzene rings is 2. The minimum atomic E-state index is -3.66. The predicted molar refractivity (Wildman–Crippen MR) is 114 cm³/mol. The number of ether oxygens (including phenoxy) is 1. The highest BCUT2D eigenvalue weighted by Crippen LogP contribution is 2.22. The van der Waals surface area contributed by atoms with E-state index < -0.39 is 28.5 Å². The fourth-order valence-electron chi connectivity index (χ4n) is 3.12. The number of amides is 1. The van der Waals surface area contributed by atoms with Gasteiger partial charge in [0.15, 0.2) is 6.61 Å². The Kier molecular flexibility index (Phi) is 7.12. The number of aryl methyl sites for hydroxylation is 1. The average Bonchev–Trinajstić information content (AvgIpc) is 2.75. The molecular formula is C21H23ClN2O5S. The fraction of sp³-hybridized carbons (Fsp3) is 0.333. The third-order valence-corrected chi connectivity index (χ3v) is 7.11. The van der Waals surface area contributed by atoms with Gasteiger partial charge >= 0.3 is 5.97 Å². The first-order valence-electron chi connectivity index (χ1n) is 9.61. The van der Waals surface area contributed by atoms with Crippen LogP contribution < -0.4 is 5.32 Å². The number of rotatable bonds is 6. The van der Waals surface area contributed by atoms with E-state index in [2.05, 4.69) is 5.32 Å². The van der Waals surface area contributed by atoms with Gasteiger partial charge in [-0.05, 0) is 55.7 Å². The van der Waals surface area contributed by atoms with Crippen LogP contribution in [0.5, 0.6) is 0 Å².